The third-order valence-electron chi connectivity index (χ3n) is 5.69. The molecule has 2 unspecified atom stereocenters. The molecule has 1 aromatic rings. The Balaban J connectivity index is 1.94. The van der Waals surface area contributed by atoms with Gasteiger partial charge in [-0.15, -0.1) is 0 Å². The molecule has 0 radical (unpaired) electrons. The van der Waals surface area contributed by atoms with Gasteiger partial charge in [-0.2, -0.15) is 0 Å². The number of allylic oxidation sites excluding steroid dienone is 3. The molecule has 2 heteroatoms. The molecule has 0 fully saturated rings. The Morgan fingerprint density at radius 3 is 2.88 bits per heavy atom. The van der Waals surface area contributed by atoms with Gasteiger partial charge in [0.05, 0.1) is 5.69 Å². The van der Waals surface area contributed by atoms with Gasteiger partial charge in [0.2, 0.25) is 0 Å². The first kappa shape index (κ1) is 20.9. The lowest BCUT2D eigenvalue weighted by atomic mass is 9.78. The summed E-state index contributed by atoms with van der Waals surface area (Å²) in [6.45, 7) is 11.5. The van der Waals surface area contributed by atoms with Crippen molar-refractivity contribution in [1.29, 1.82) is 0 Å². The molecule has 2 atom stereocenters. The summed E-state index contributed by atoms with van der Waals surface area (Å²) in [4.78, 5) is 4.55. The standard InChI is InChI=1S/C24H36FN/c1-6-8-9-19(7-2)16-24(4,5)13-12-18(3)21-14-20-15-22(25)10-11-23(20)26-17-21/h7,10-11,14,17-18,22H,6,8-9,12-13,15-16H2,1-5H3/b19-7-. The molecule has 0 N–H and O–H groups in total. The predicted molar refractivity (Wildman–Crippen MR) is 111 cm³/mol. The maximum Gasteiger partial charge on any atom is 0.123 e. The van der Waals surface area contributed by atoms with E-state index in [1.807, 2.05) is 12.3 Å². The van der Waals surface area contributed by atoms with E-state index in [1.54, 1.807) is 11.6 Å². The molecule has 1 aliphatic carbocycles. The molecule has 26 heavy (non-hydrogen) atoms. The van der Waals surface area contributed by atoms with Crippen molar-refractivity contribution < 1.29 is 4.39 Å². The van der Waals surface area contributed by atoms with Gasteiger partial charge in [-0.3, -0.25) is 4.98 Å². The molecule has 0 aliphatic heterocycles. The summed E-state index contributed by atoms with van der Waals surface area (Å²) < 4.78 is 13.6. The van der Waals surface area contributed by atoms with Gasteiger partial charge < -0.3 is 0 Å². The molecule has 0 aromatic carbocycles. The van der Waals surface area contributed by atoms with Crippen LogP contribution >= 0.6 is 0 Å². The summed E-state index contributed by atoms with van der Waals surface area (Å²) >= 11 is 0. The zero-order valence-corrected chi connectivity index (χ0v) is 17.3. The van der Waals surface area contributed by atoms with E-state index in [0.717, 1.165) is 17.7 Å². The third kappa shape index (κ3) is 6.07. The Bertz CT molecular complexity index is 642. The van der Waals surface area contributed by atoms with Crippen LogP contribution in [0, 0.1) is 5.41 Å². The van der Waals surface area contributed by atoms with Crippen molar-refractivity contribution >= 4 is 6.08 Å². The highest BCUT2D eigenvalue weighted by Gasteiger charge is 2.22. The van der Waals surface area contributed by atoms with Gasteiger partial charge in [0.1, 0.15) is 6.17 Å². The first-order valence-corrected chi connectivity index (χ1v) is 10.3. The van der Waals surface area contributed by atoms with Gasteiger partial charge in [0.25, 0.3) is 0 Å². The van der Waals surface area contributed by atoms with Gasteiger partial charge in [-0.05, 0) is 73.6 Å². The number of pyridine rings is 1. The maximum absolute atomic E-state index is 13.6. The van der Waals surface area contributed by atoms with Crippen LogP contribution in [0.1, 0.15) is 95.9 Å². The van der Waals surface area contributed by atoms with E-state index in [1.165, 1.54) is 37.7 Å². The fraction of sp³-hybridized carbons (Fsp3) is 0.625. The molecule has 0 bridgehead atoms. The number of hydrogen-bond donors (Lipinski definition) is 0. The molecule has 1 nitrogen and oxygen atoms in total. The monoisotopic (exact) mass is 357 g/mol. The Labute approximate surface area is 159 Å². The quantitative estimate of drug-likeness (QED) is 0.419. The second kappa shape index (κ2) is 9.48. The van der Waals surface area contributed by atoms with Crippen molar-refractivity contribution in [3.05, 3.63) is 46.8 Å². The van der Waals surface area contributed by atoms with Crippen LogP contribution in [0.15, 0.2) is 30.0 Å². The lowest BCUT2D eigenvalue weighted by Gasteiger charge is -2.28. The van der Waals surface area contributed by atoms with Crippen LogP contribution in [0.4, 0.5) is 4.39 Å². The molecule has 1 aliphatic rings. The number of hydrogen-bond acceptors (Lipinski definition) is 1. The second-order valence-corrected chi connectivity index (χ2v) is 8.72. The van der Waals surface area contributed by atoms with Crippen LogP contribution in [0.5, 0.6) is 0 Å². The molecule has 1 aromatic heterocycles. The topological polar surface area (TPSA) is 12.9 Å². The molecule has 0 amide bonds. The number of alkyl halides is 1. The van der Waals surface area contributed by atoms with Crippen LogP contribution in [-0.4, -0.2) is 11.2 Å². The van der Waals surface area contributed by atoms with Crippen molar-refractivity contribution in [2.45, 2.75) is 91.7 Å². The molecule has 144 valence electrons. The van der Waals surface area contributed by atoms with Crippen molar-refractivity contribution in [2.24, 2.45) is 5.41 Å². The van der Waals surface area contributed by atoms with E-state index in [0.29, 0.717) is 17.8 Å². The highest BCUT2D eigenvalue weighted by Crippen LogP contribution is 2.36. The average Bonchev–Trinajstić information content (AvgIpc) is 2.62. The SMILES string of the molecule is C/C=C(/CCCC)CC(C)(C)CCC(C)c1cnc2c(c1)CC(F)C=C2. The van der Waals surface area contributed by atoms with Crippen molar-refractivity contribution in [3.8, 4) is 0 Å². The minimum Gasteiger partial charge on any atom is -0.256 e. The van der Waals surface area contributed by atoms with Gasteiger partial charge in [0.15, 0.2) is 0 Å². The number of unbranched alkanes of at least 4 members (excludes halogenated alkanes) is 1. The number of halogens is 1. The summed E-state index contributed by atoms with van der Waals surface area (Å²) in [5.41, 5.74) is 5.15. The molecular weight excluding hydrogens is 321 g/mol. The van der Waals surface area contributed by atoms with Crippen LogP contribution in [0.3, 0.4) is 0 Å². The maximum atomic E-state index is 13.6. The lowest BCUT2D eigenvalue weighted by Crippen LogP contribution is -2.14. The van der Waals surface area contributed by atoms with E-state index >= 15 is 0 Å². The highest BCUT2D eigenvalue weighted by atomic mass is 19.1. The van der Waals surface area contributed by atoms with E-state index in [-0.39, 0.29) is 0 Å². The fourth-order valence-electron chi connectivity index (χ4n) is 3.81. The normalized spacial score (nSPS) is 18.7. The molecule has 0 saturated heterocycles. The van der Waals surface area contributed by atoms with E-state index in [2.05, 4.69) is 51.7 Å². The van der Waals surface area contributed by atoms with Gasteiger partial charge >= 0.3 is 0 Å². The Morgan fingerprint density at radius 1 is 1.42 bits per heavy atom. The summed E-state index contributed by atoms with van der Waals surface area (Å²) in [6.07, 6.45) is 14.6. The Morgan fingerprint density at radius 2 is 2.19 bits per heavy atom. The number of nitrogens with zero attached hydrogens (tertiary/aromatic N) is 1. The second-order valence-electron chi connectivity index (χ2n) is 8.72. The largest absolute Gasteiger partial charge is 0.256 e. The first-order valence-electron chi connectivity index (χ1n) is 10.3. The molecule has 0 spiro atoms. The average molecular weight is 358 g/mol. The van der Waals surface area contributed by atoms with Crippen LogP contribution < -0.4 is 0 Å². The molecule has 1 heterocycles. The summed E-state index contributed by atoms with van der Waals surface area (Å²) in [5, 5.41) is 0. The van der Waals surface area contributed by atoms with Crippen molar-refractivity contribution in [1.82, 2.24) is 4.98 Å². The third-order valence-corrected chi connectivity index (χ3v) is 5.69. The van der Waals surface area contributed by atoms with Gasteiger partial charge in [-0.1, -0.05) is 51.8 Å². The fourth-order valence-corrected chi connectivity index (χ4v) is 3.81. The van der Waals surface area contributed by atoms with Crippen LogP contribution in [0.25, 0.3) is 6.08 Å². The van der Waals surface area contributed by atoms with E-state index in [4.69, 9.17) is 0 Å². The number of fused-ring (bicyclic) bond motifs is 1. The van der Waals surface area contributed by atoms with Crippen molar-refractivity contribution in [3.63, 3.8) is 0 Å². The number of rotatable bonds is 9. The minimum atomic E-state index is -0.865. The smallest absolute Gasteiger partial charge is 0.123 e. The van der Waals surface area contributed by atoms with E-state index in [9.17, 15) is 4.39 Å². The van der Waals surface area contributed by atoms with Crippen LogP contribution in [-0.2, 0) is 6.42 Å². The van der Waals surface area contributed by atoms with Crippen molar-refractivity contribution in [2.75, 3.05) is 0 Å². The minimum absolute atomic E-state index is 0.318. The molecular formula is C24H36FN. The zero-order chi connectivity index (χ0) is 19.2. The van der Waals surface area contributed by atoms with E-state index < -0.39 is 6.17 Å². The lowest BCUT2D eigenvalue weighted by molar-refractivity contribution is 0.308. The Kier molecular flexibility index (Phi) is 7.61. The van der Waals surface area contributed by atoms with Gasteiger partial charge in [0, 0.05) is 12.6 Å². The number of aromatic nitrogens is 1. The predicted octanol–water partition coefficient (Wildman–Crippen LogP) is 7.43. The summed E-state index contributed by atoms with van der Waals surface area (Å²) in [6, 6.07) is 2.18. The van der Waals surface area contributed by atoms with Gasteiger partial charge in [-0.25, -0.2) is 4.39 Å². The molecule has 2 rings (SSSR count). The first-order chi connectivity index (χ1) is 12.3. The highest BCUT2D eigenvalue weighted by molar-refractivity contribution is 5.54. The Hall–Kier alpha value is -1.44. The zero-order valence-electron chi connectivity index (χ0n) is 17.3. The molecule has 0 saturated carbocycles. The summed E-state index contributed by atoms with van der Waals surface area (Å²) in [5.74, 6) is 0.459. The van der Waals surface area contributed by atoms with Crippen LogP contribution in [0.2, 0.25) is 0 Å². The summed E-state index contributed by atoms with van der Waals surface area (Å²) in [7, 11) is 0.